The summed E-state index contributed by atoms with van der Waals surface area (Å²) >= 11 is 0. The van der Waals surface area contributed by atoms with Crippen molar-refractivity contribution in [2.75, 3.05) is 46.4 Å². The van der Waals surface area contributed by atoms with E-state index in [0.29, 0.717) is 11.8 Å². The van der Waals surface area contributed by atoms with Gasteiger partial charge in [0.2, 0.25) is 5.91 Å². The van der Waals surface area contributed by atoms with Gasteiger partial charge in [-0.15, -0.1) is 0 Å². The number of methoxy groups -OCH3 is 1. The number of piperazine rings is 1. The zero-order valence-electron chi connectivity index (χ0n) is 14.7. The molecule has 1 saturated carbocycles. The van der Waals surface area contributed by atoms with E-state index in [2.05, 4.69) is 23.6 Å². The lowest BCUT2D eigenvalue weighted by Crippen LogP contribution is -2.51. The Bertz CT molecular complexity index is 306. The highest BCUT2D eigenvalue weighted by Gasteiger charge is 2.53. The first-order chi connectivity index (χ1) is 10.1. The molecule has 4 heteroatoms. The van der Waals surface area contributed by atoms with Crippen molar-refractivity contribution < 1.29 is 9.53 Å². The van der Waals surface area contributed by atoms with E-state index in [1.165, 1.54) is 0 Å². The molecule has 0 N–H and O–H groups in total. The number of hydrogen-bond donors (Lipinski definition) is 0. The molecule has 0 aromatic rings. The van der Waals surface area contributed by atoms with Gasteiger partial charge in [0.15, 0.2) is 0 Å². The molecule has 0 aromatic heterocycles. The predicted octanol–water partition coefficient (Wildman–Crippen LogP) is 2.63. The van der Waals surface area contributed by atoms with Gasteiger partial charge in [0.05, 0.1) is 5.41 Å². The van der Waals surface area contributed by atoms with Crippen molar-refractivity contribution in [1.29, 1.82) is 0 Å². The third kappa shape index (κ3) is 4.68. The van der Waals surface area contributed by atoms with Crippen LogP contribution in [-0.4, -0.2) is 62.1 Å². The summed E-state index contributed by atoms with van der Waals surface area (Å²) < 4.78 is 5.08. The molecule has 0 unspecified atom stereocenters. The SMILES string of the molecule is CC.COCCCN1CCN(C(=O)C2(C(C)C)CC2)CC1. The number of ether oxygens (including phenoxy) is 1. The van der Waals surface area contributed by atoms with E-state index in [1.54, 1.807) is 7.11 Å². The van der Waals surface area contributed by atoms with Crippen molar-refractivity contribution in [3.63, 3.8) is 0 Å². The van der Waals surface area contributed by atoms with Gasteiger partial charge in [-0.2, -0.15) is 0 Å². The fourth-order valence-electron chi connectivity index (χ4n) is 3.09. The number of carbonyl (C=O) groups excluding carboxylic acids is 1. The standard InChI is InChI=1S/C15H28N2O2.C2H6/c1-13(2)15(5-6-15)14(18)17-10-8-16(9-11-17)7-4-12-19-3;1-2/h13H,4-12H2,1-3H3;1-2H3. The van der Waals surface area contributed by atoms with E-state index in [0.717, 1.165) is 58.6 Å². The second-order valence-electron chi connectivity index (χ2n) is 6.29. The van der Waals surface area contributed by atoms with Crippen LogP contribution in [0.25, 0.3) is 0 Å². The van der Waals surface area contributed by atoms with Gasteiger partial charge in [-0.05, 0) is 25.2 Å². The molecule has 2 rings (SSSR count). The van der Waals surface area contributed by atoms with E-state index in [4.69, 9.17) is 4.74 Å². The molecule has 0 aromatic carbocycles. The second-order valence-corrected chi connectivity index (χ2v) is 6.29. The second kappa shape index (κ2) is 8.74. The van der Waals surface area contributed by atoms with Crippen LogP contribution in [0.1, 0.15) is 47.0 Å². The molecule has 1 amide bonds. The van der Waals surface area contributed by atoms with Gasteiger partial charge < -0.3 is 9.64 Å². The van der Waals surface area contributed by atoms with Crippen LogP contribution in [0.3, 0.4) is 0 Å². The Kier molecular flexibility index (Phi) is 7.67. The normalized spacial score (nSPS) is 21.0. The van der Waals surface area contributed by atoms with Gasteiger partial charge in [0.1, 0.15) is 0 Å². The smallest absolute Gasteiger partial charge is 0.229 e. The summed E-state index contributed by atoms with van der Waals surface area (Å²) in [4.78, 5) is 17.1. The maximum absolute atomic E-state index is 12.6. The van der Waals surface area contributed by atoms with Gasteiger partial charge in [0, 0.05) is 46.4 Å². The molecule has 1 aliphatic heterocycles. The minimum Gasteiger partial charge on any atom is -0.385 e. The first-order valence-electron chi connectivity index (χ1n) is 8.61. The van der Waals surface area contributed by atoms with Crippen molar-refractivity contribution in [2.45, 2.75) is 47.0 Å². The van der Waals surface area contributed by atoms with Crippen LogP contribution in [0.4, 0.5) is 0 Å². The van der Waals surface area contributed by atoms with E-state index in [9.17, 15) is 4.79 Å². The molecule has 0 atom stereocenters. The zero-order valence-corrected chi connectivity index (χ0v) is 14.7. The summed E-state index contributed by atoms with van der Waals surface area (Å²) in [5.41, 5.74) is -0.00177. The van der Waals surface area contributed by atoms with Gasteiger partial charge in [0.25, 0.3) is 0 Å². The Hall–Kier alpha value is -0.610. The van der Waals surface area contributed by atoms with Gasteiger partial charge in [-0.1, -0.05) is 27.7 Å². The van der Waals surface area contributed by atoms with Crippen LogP contribution in [0, 0.1) is 11.3 Å². The summed E-state index contributed by atoms with van der Waals surface area (Å²) in [6, 6.07) is 0. The molecule has 0 radical (unpaired) electrons. The largest absolute Gasteiger partial charge is 0.385 e. The topological polar surface area (TPSA) is 32.8 Å². The minimum absolute atomic E-state index is 0.00177. The first-order valence-corrected chi connectivity index (χ1v) is 8.61. The molecule has 0 spiro atoms. The molecule has 1 saturated heterocycles. The van der Waals surface area contributed by atoms with E-state index in [1.807, 2.05) is 13.8 Å². The lowest BCUT2D eigenvalue weighted by atomic mass is 9.90. The molecule has 2 aliphatic rings. The fourth-order valence-corrected chi connectivity index (χ4v) is 3.09. The summed E-state index contributed by atoms with van der Waals surface area (Å²) in [5.74, 6) is 0.902. The lowest BCUT2D eigenvalue weighted by Gasteiger charge is -2.37. The highest BCUT2D eigenvalue weighted by atomic mass is 16.5. The summed E-state index contributed by atoms with van der Waals surface area (Å²) in [6.45, 7) is 14.1. The van der Waals surface area contributed by atoms with E-state index in [-0.39, 0.29) is 5.41 Å². The summed E-state index contributed by atoms with van der Waals surface area (Å²) in [6.07, 6.45) is 3.27. The Morgan fingerprint density at radius 3 is 2.14 bits per heavy atom. The number of amides is 1. The Labute approximate surface area is 130 Å². The molecule has 21 heavy (non-hydrogen) atoms. The van der Waals surface area contributed by atoms with E-state index < -0.39 is 0 Å². The van der Waals surface area contributed by atoms with Crippen molar-refractivity contribution >= 4 is 5.91 Å². The number of carbonyl (C=O) groups is 1. The third-order valence-electron chi connectivity index (χ3n) is 4.80. The maximum Gasteiger partial charge on any atom is 0.229 e. The predicted molar refractivity (Wildman–Crippen MR) is 87.4 cm³/mol. The van der Waals surface area contributed by atoms with Crippen LogP contribution in [0.2, 0.25) is 0 Å². The van der Waals surface area contributed by atoms with Crippen LogP contribution >= 0.6 is 0 Å². The summed E-state index contributed by atoms with van der Waals surface area (Å²) in [5, 5.41) is 0. The van der Waals surface area contributed by atoms with Crippen molar-refractivity contribution in [2.24, 2.45) is 11.3 Å². The average Bonchev–Trinajstić information content (AvgIpc) is 3.31. The van der Waals surface area contributed by atoms with Gasteiger partial charge in [-0.3, -0.25) is 9.69 Å². The summed E-state index contributed by atoms with van der Waals surface area (Å²) in [7, 11) is 1.75. The Balaban J connectivity index is 0.00000106. The molecule has 124 valence electrons. The highest BCUT2D eigenvalue weighted by molar-refractivity contribution is 5.85. The molecule has 0 bridgehead atoms. The number of nitrogens with zero attached hydrogens (tertiary/aromatic N) is 2. The van der Waals surface area contributed by atoms with Crippen LogP contribution in [0.5, 0.6) is 0 Å². The molecular weight excluding hydrogens is 264 g/mol. The fraction of sp³-hybridized carbons (Fsp3) is 0.941. The zero-order chi connectivity index (χ0) is 15.9. The van der Waals surface area contributed by atoms with Crippen LogP contribution < -0.4 is 0 Å². The Morgan fingerprint density at radius 1 is 1.14 bits per heavy atom. The minimum atomic E-state index is -0.00177. The van der Waals surface area contributed by atoms with Gasteiger partial charge in [-0.25, -0.2) is 0 Å². The molecule has 1 aliphatic carbocycles. The van der Waals surface area contributed by atoms with Crippen molar-refractivity contribution in [3.05, 3.63) is 0 Å². The average molecular weight is 298 g/mol. The van der Waals surface area contributed by atoms with Crippen molar-refractivity contribution in [3.8, 4) is 0 Å². The first kappa shape index (κ1) is 18.4. The number of rotatable bonds is 6. The number of hydrogen-bond acceptors (Lipinski definition) is 3. The molecule has 4 nitrogen and oxygen atoms in total. The molecular formula is C17H34N2O2. The van der Waals surface area contributed by atoms with Crippen LogP contribution in [-0.2, 0) is 9.53 Å². The Morgan fingerprint density at radius 2 is 1.71 bits per heavy atom. The maximum atomic E-state index is 12.6. The molecule has 2 fully saturated rings. The lowest BCUT2D eigenvalue weighted by molar-refractivity contribution is -0.140. The monoisotopic (exact) mass is 298 g/mol. The third-order valence-corrected chi connectivity index (χ3v) is 4.80. The van der Waals surface area contributed by atoms with Crippen LogP contribution in [0.15, 0.2) is 0 Å². The highest BCUT2D eigenvalue weighted by Crippen LogP contribution is 2.53. The quantitative estimate of drug-likeness (QED) is 0.707. The molecule has 1 heterocycles. The van der Waals surface area contributed by atoms with E-state index >= 15 is 0 Å². The van der Waals surface area contributed by atoms with Crippen molar-refractivity contribution in [1.82, 2.24) is 9.80 Å². The van der Waals surface area contributed by atoms with Gasteiger partial charge >= 0.3 is 0 Å².